The average Bonchev–Trinajstić information content (AvgIpc) is 2.24. The van der Waals surface area contributed by atoms with Crippen molar-refractivity contribution in [1.29, 1.82) is 0 Å². The molecule has 1 aromatic carbocycles. The maximum Gasteiger partial charge on any atom is 0.187 e. The Bertz CT molecular complexity index is 554. The first kappa shape index (κ1) is 11.6. The van der Waals surface area contributed by atoms with E-state index in [4.69, 9.17) is 0 Å². The third-order valence-electron chi connectivity index (χ3n) is 3.80. The molecule has 2 rings (SSSR count). The van der Waals surface area contributed by atoms with Gasteiger partial charge in [0.05, 0.1) is 4.90 Å². The van der Waals surface area contributed by atoms with Crippen LogP contribution in [-0.2, 0) is 15.4 Å². The van der Waals surface area contributed by atoms with Crippen molar-refractivity contribution in [3.05, 3.63) is 29.3 Å². The monoisotopic (exact) mass is 240 g/mol. The molecule has 16 heavy (non-hydrogen) atoms. The fourth-order valence-electron chi connectivity index (χ4n) is 2.11. The minimum Gasteiger partial charge on any atom is -0.384 e. The number of aryl methyl sites for hydroxylation is 1. The Kier molecular flexibility index (Phi) is 2.08. The quantitative estimate of drug-likeness (QED) is 0.752. The molecule has 4 heteroatoms. The van der Waals surface area contributed by atoms with E-state index in [0.29, 0.717) is 5.56 Å². The molecule has 1 aromatic rings. The summed E-state index contributed by atoms with van der Waals surface area (Å²) in [6.45, 7) is 6.54. The molecule has 0 amide bonds. The van der Waals surface area contributed by atoms with Crippen LogP contribution in [0, 0.1) is 6.92 Å². The number of benzene rings is 1. The van der Waals surface area contributed by atoms with E-state index in [-0.39, 0.29) is 4.90 Å². The molecular weight excluding hydrogens is 224 g/mol. The van der Waals surface area contributed by atoms with Gasteiger partial charge >= 0.3 is 0 Å². The summed E-state index contributed by atoms with van der Waals surface area (Å²) in [6.07, 6.45) is 0. The van der Waals surface area contributed by atoms with Crippen molar-refractivity contribution >= 4 is 9.84 Å². The zero-order valence-corrected chi connectivity index (χ0v) is 10.7. The van der Waals surface area contributed by atoms with Gasteiger partial charge in [0, 0.05) is 5.56 Å². The maximum atomic E-state index is 12.3. The summed E-state index contributed by atoms with van der Waals surface area (Å²) < 4.78 is 23.4. The number of fused-ring (bicyclic) bond motifs is 1. The third kappa shape index (κ3) is 1.09. The summed E-state index contributed by atoms with van der Waals surface area (Å²) in [6, 6.07) is 5.16. The van der Waals surface area contributed by atoms with E-state index in [1.54, 1.807) is 32.9 Å². The van der Waals surface area contributed by atoms with Crippen molar-refractivity contribution in [2.75, 3.05) is 0 Å². The summed E-state index contributed by atoms with van der Waals surface area (Å²) in [5, 5.41) is 10.4. The van der Waals surface area contributed by atoms with Crippen LogP contribution in [0.4, 0.5) is 0 Å². The van der Waals surface area contributed by atoms with E-state index in [1.165, 1.54) is 0 Å². The molecule has 1 unspecified atom stereocenters. The molecule has 0 bridgehead atoms. The first-order valence-corrected chi connectivity index (χ1v) is 6.69. The van der Waals surface area contributed by atoms with Crippen LogP contribution in [0.2, 0.25) is 0 Å². The highest BCUT2D eigenvalue weighted by Crippen LogP contribution is 2.50. The summed E-state index contributed by atoms with van der Waals surface area (Å²) in [5.41, 5.74) is 0.0495. The molecule has 0 radical (unpaired) electrons. The van der Waals surface area contributed by atoms with Crippen LogP contribution >= 0.6 is 0 Å². The van der Waals surface area contributed by atoms with Crippen molar-refractivity contribution in [2.45, 2.75) is 42.9 Å². The van der Waals surface area contributed by atoms with E-state index in [1.807, 2.05) is 13.0 Å². The lowest BCUT2D eigenvalue weighted by Gasteiger charge is -2.31. The lowest BCUT2D eigenvalue weighted by molar-refractivity contribution is 0.0263. The summed E-state index contributed by atoms with van der Waals surface area (Å²) in [7, 11) is -3.46. The fourth-order valence-corrected chi connectivity index (χ4v) is 4.20. The highest BCUT2D eigenvalue weighted by atomic mass is 32.2. The summed E-state index contributed by atoms with van der Waals surface area (Å²) in [5.74, 6) is 0. The van der Waals surface area contributed by atoms with Crippen LogP contribution in [0.25, 0.3) is 0 Å². The second kappa shape index (κ2) is 2.87. The molecule has 0 saturated carbocycles. The molecule has 1 aliphatic heterocycles. The van der Waals surface area contributed by atoms with Gasteiger partial charge in [0.1, 0.15) is 10.3 Å². The van der Waals surface area contributed by atoms with Gasteiger partial charge in [-0.1, -0.05) is 12.1 Å². The van der Waals surface area contributed by atoms with Gasteiger partial charge in [0.2, 0.25) is 0 Å². The molecule has 88 valence electrons. The highest BCUT2D eigenvalue weighted by Gasteiger charge is 2.58. The number of rotatable bonds is 0. The predicted octanol–water partition coefficient (Wildman–Crippen LogP) is 1.77. The average molecular weight is 240 g/mol. The van der Waals surface area contributed by atoms with Gasteiger partial charge in [-0.05, 0) is 39.3 Å². The Morgan fingerprint density at radius 1 is 1.19 bits per heavy atom. The Morgan fingerprint density at radius 2 is 1.75 bits per heavy atom. The zero-order chi connectivity index (χ0) is 12.4. The van der Waals surface area contributed by atoms with Crippen LogP contribution in [-0.4, -0.2) is 18.3 Å². The van der Waals surface area contributed by atoms with Crippen molar-refractivity contribution in [2.24, 2.45) is 0 Å². The van der Waals surface area contributed by atoms with E-state index in [9.17, 15) is 13.5 Å². The van der Waals surface area contributed by atoms with Gasteiger partial charge in [-0.3, -0.25) is 0 Å². The van der Waals surface area contributed by atoms with E-state index >= 15 is 0 Å². The normalized spacial score (nSPS) is 30.1. The van der Waals surface area contributed by atoms with Gasteiger partial charge in [0.25, 0.3) is 0 Å². The fraction of sp³-hybridized carbons (Fsp3) is 0.500. The predicted molar refractivity (Wildman–Crippen MR) is 62.0 cm³/mol. The van der Waals surface area contributed by atoms with Crippen LogP contribution < -0.4 is 0 Å². The number of aliphatic hydroxyl groups is 1. The van der Waals surface area contributed by atoms with E-state index in [2.05, 4.69) is 0 Å². The Labute approximate surface area is 96.0 Å². The second-order valence-corrected chi connectivity index (χ2v) is 7.55. The van der Waals surface area contributed by atoms with E-state index < -0.39 is 20.2 Å². The van der Waals surface area contributed by atoms with Crippen LogP contribution in [0.5, 0.6) is 0 Å². The molecule has 1 atom stereocenters. The molecule has 0 fully saturated rings. The number of hydrogen-bond acceptors (Lipinski definition) is 3. The molecule has 0 spiro atoms. The summed E-state index contributed by atoms with van der Waals surface area (Å²) in [4.78, 5) is 0.266. The zero-order valence-electron chi connectivity index (χ0n) is 9.90. The van der Waals surface area contributed by atoms with Gasteiger partial charge < -0.3 is 5.11 Å². The summed E-state index contributed by atoms with van der Waals surface area (Å²) >= 11 is 0. The first-order valence-electron chi connectivity index (χ1n) is 5.20. The molecular formula is C12H16O3S. The largest absolute Gasteiger partial charge is 0.384 e. The van der Waals surface area contributed by atoms with E-state index in [0.717, 1.165) is 5.56 Å². The van der Waals surface area contributed by atoms with Crippen molar-refractivity contribution in [1.82, 2.24) is 0 Å². The smallest absolute Gasteiger partial charge is 0.187 e. The Morgan fingerprint density at radius 3 is 2.31 bits per heavy atom. The SMILES string of the molecule is Cc1ccc2c(c1)S(=O)(=O)C(C)(C)C2(C)O. The van der Waals surface area contributed by atoms with Crippen molar-refractivity contribution in [3.63, 3.8) is 0 Å². The lowest BCUT2D eigenvalue weighted by Crippen LogP contribution is -2.44. The second-order valence-electron chi connectivity index (χ2n) is 5.09. The minimum absolute atomic E-state index is 0.266. The first-order chi connectivity index (χ1) is 7.12. The van der Waals surface area contributed by atoms with Crippen LogP contribution in [0.3, 0.4) is 0 Å². The third-order valence-corrected chi connectivity index (χ3v) is 6.45. The molecule has 1 heterocycles. The van der Waals surface area contributed by atoms with Gasteiger partial charge in [0.15, 0.2) is 9.84 Å². The van der Waals surface area contributed by atoms with Crippen LogP contribution in [0.15, 0.2) is 23.1 Å². The molecule has 0 saturated heterocycles. The number of sulfone groups is 1. The standard InChI is InChI=1S/C12H16O3S/c1-8-5-6-9-10(7-8)16(14,15)11(2,3)12(9,4)13/h5-7,13H,1-4H3. The molecule has 1 N–H and O–H groups in total. The molecule has 0 aromatic heterocycles. The Hall–Kier alpha value is -0.870. The van der Waals surface area contributed by atoms with Crippen molar-refractivity contribution in [3.8, 4) is 0 Å². The van der Waals surface area contributed by atoms with Gasteiger partial charge in [-0.15, -0.1) is 0 Å². The maximum absolute atomic E-state index is 12.3. The topological polar surface area (TPSA) is 54.4 Å². The molecule has 3 nitrogen and oxygen atoms in total. The van der Waals surface area contributed by atoms with Crippen LogP contribution in [0.1, 0.15) is 31.9 Å². The van der Waals surface area contributed by atoms with Gasteiger partial charge in [-0.25, -0.2) is 8.42 Å². The van der Waals surface area contributed by atoms with Crippen molar-refractivity contribution < 1.29 is 13.5 Å². The Balaban J connectivity index is 2.90. The lowest BCUT2D eigenvalue weighted by atomic mass is 9.85. The minimum atomic E-state index is -3.46. The molecule has 1 aliphatic rings. The highest BCUT2D eigenvalue weighted by molar-refractivity contribution is 7.93. The number of hydrogen-bond donors (Lipinski definition) is 1. The van der Waals surface area contributed by atoms with Gasteiger partial charge in [-0.2, -0.15) is 0 Å². The molecule has 0 aliphatic carbocycles.